The molecular formula is C14H11ClO2. The van der Waals surface area contributed by atoms with Crippen LogP contribution < -0.4 is 0 Å². The van der Waals surface area contributed by atoms with E-state index in [0.717, 1.165) is 11.1 Å². The predicted molar refractivity (Wildman–Crippen MR) is 68.6 cm³/mol. The summed E-state index contributed by atoms with van der Waals surface area (Å²) in [5.74, 6) is -0.157. The monoisotopic (exact) mass is 246 g/mol. The molecule has 0 aromatic heterocycles. The fourth-order valence-electron chi connectivity index (χ4n) is 1.68. The third-order valence-corrected chi connectivity index (χ3v) is 2.77. The van der Waals surface area contributed by atoms with Crippen LogP contribution in [-0.2, 0) is 0 Å². The molecule has 0 aliphatic carbocycles. The van der Waals surface area contributed by atoms with Gasteiger partial charge in [-0.2, -0.15) is 0 Å². The lowest BCUT2D eigenvalue weighted by atomic mass is 10.0. The summed E-state index contributed by atoms with van der Waals surface area (Å²) in [6, 6.07) is 12.3. The first-order valence-corrected chi connectivity index (χ1v) is 5.55. The molecular weight excluding hydrogens is 236 g/mol. The van der Waals surface area contributed by atoms with E-state index in [1.807, 2.05) is 18.2 Å². The highest BCUT2D eigenvalue weighted by Crippen LogP contribution is 2.28. The lowest BCUT2D eigenvalue weighted by Crippen LogP contribution is -1.92. The molecule has 1 N–H and O–H groups in total. The summed E-state index contributed by atoms with van der Waals surface area (Å²) in [6.45, 7) is 1.42. The number of phenolic OH excluding ortho intramolecular Hbond substituents is 1. The Hall–Kier alpha value is -1.80. The third kappa shape index (κ3) is 2.48. The predicted octanol–water partition coefficient (Wildman–Crippen LogP) is 3.92. The zero-order valence-electron chi connectivity index (χ0n) is 9.27. The summed E-state index contributed by atoms with van der Waals surface area (Å²) < 4.78 is 0. The van der Waals surface area contributed by atoms with E-state index in [1.54, 1.807) is 24.3 Å². The molecule has 0 saturated carbocycles. The SMILES string of the molecule is CC(=O)c1ccc(-c2cccc(Cl)c2)cc1O. The van der Waals surface area contributed by atoms with Gasteiger partial charge in [-0.1, -0.05) is 29.8 Å². The maximum absolute atomic E-state index is 11.2. The summed E-state index contributed by atoms with van der Waals surface area (Å²) in [6.07, 6.45) is 0. The Morgan fingerprint density at radius 1 is 1.12 bits per heavy atom. The second-order valence-corrected chi connectivity index (χ2v) is 4.23. The van der Waals surface area contributed by atoms with Gasteiger partial charge in [0.2, 0.25) is 0 Å². The number of carbonyl (C=O) groups is 1. The van der Waals surface area contributed by atoms with E-state index in [-0.39, 0.29) is 11.5 Å². The Bertz CT molecular complexity index is 576. The van der Waals surface area contributed by atoms with E-state index in [2.05, 4.69) is 0 Å². The maximum atomic E-state index is 11.2. The first-order chi connectivity index (χ1) is 8.08. The maximum Gasteiger partial charge on any atom is 0.163 e. The number of halogens is 1. The standard InChI is InChI=1S/C14H11ClO2/c1-9(16)13-6-5-11(8-14(13)17)10-3-2-4-12(15)7-10/h2-8,17H,1H3. The minimum atomic E-state index is -0.153. The number of phenols is 1. The van der Waals surface area contributed by atoms with E-state index < -0.39 is 0 Å². The van der Waals surface area contributed by atoms with Gasteiger partial charge in [-0.3, -0.25) is 4.79 Å². The highest BCUT2D eigenvalue weighted by atomic mass is 35.5. The van der Waals surface area contributed by atoms with Crippen molar-refractivity contribution in [3.8, 4) is 16.9 Å². The summed E-state index contributed by atoms with van der Waals surface area (Å²) in [4.78, 5) is 11.2. The zero-order chi connectivity index (χ0) is 12.4. The number of aromatic hydroxyl groups is 1. The fraction of sp³-hybridized carbons (Fsp3) is 0.0714. The average Bonchev–Trinajstić information content (AvgIpc) is 2.28. The minimum Gasteiger partial charge on any atom is -0.507 e. The van der Waals surface area contributed by atoms with Crippen LogP contribution in [0.5, 0.6) is 5.75 Å². The van der Waals surface area contributed by atoms with Crippen molar-refractivity contribution < 1.29 is 9.90 Å². The van der Waals surface area contributed by atoms with Crippen LogP contribution >= 0.6 is 11.6 Å². The Labute approximate surface area is 104 Å². The summed E-state index contributed by atoms with van der Waals surface area (Å²) >= 11 is 5.90. The van der Waals surface area contributed by atoms with Crippen molar-refractivity contribution in [1.82, 2.24) is 0 Å². The molecule has 0 radical (unpaired) electrons. The molecule has 2 aromatic carbocycles. The number of benzene rings is 2. The third-order valence-electron chi connectivity index (χ3n) is 2.53. The highest BCUT2D eigenvalue weighted by Gasteiger charge is 2.08. The molecule has 0 heterocycles. The van der Waals surface area contributed by atoms with Crippen molar-refractivity contribution in [1.29, 1.82) is 0 Å². The van der Waals surface area contributed by atoms with Crippen molar-refractivity contribution in [2.24, 2.45) is 0 Å². The Balaban J connectivity index is 2.48. The molecule has 3 heteroatoms. The second-order valence-electron chi connectivity index (χ2n) is 3.80. The molecule has 86 valence electrons. The number of Topliss-reactive ketones (excluding diaryl/α,β-unsaturated/α-hetero) is 1. The van der Waals surface area contributed by atoms with Crippen LogP contribution in [0.2, 0.25) is 5.02 Å². The van der Waals surface area contributed by atoms with Gasteiger partial charge in [0.1, 0.15) is 5.75 Å². The van der Waals surface area contributed by atoms with Crippen molar-refractivity contribution in [2.75, 3.05) is 0 Å². The van der Waals surface area contributed by atoms with Crippen LogP contribution in [0.4, 0.5) is 0 Å². The number of rotatable bonds is 2. The van der Waals surface area contributed by atoms with Gasteiger partial charge in [-0.25, -0.2) is 0 Å². The van der Waals surface area contributed by atoms with Crippen molar-refractivity contribution in [3.05, 3.63) is 53.1 Å². The normalized spacial score (nSPS) is 10.2. The molecule has 0 fully saturated rings. The van der Waals surface area contributed by atoms with E-state index in [4.69, 9.17) is 11.6 Å². The Morgan fingerprint density at radius 2 is 1.82 bits per heavy atom. The number of hydrogen-bond acceptors (Lipinski definition) is 2. The first-order valence-electron chi connectivity index (χ1n) is 5.18. The highest BCUT2D eigenvalue weighted by molar-refractivity contribution is 6.30. The fourth-order valence-corrected chi connectivity index (χ4v) is 1.87. The average molecular weight is 247 g/mol. The van der Waals surface area contributed by atoms with E-state index in [9.17, 15) is 9.90 Å². The molecule has 0 aliphatic heterocycles. The molecule has 0 unspecified atom stereocenters. The van der Waals surface area contributed by atoms with Gasteiger partial charge in [0.05, 0.1) is 5.56 Å². The Morgan fingerprint density at radius 3 is 2.41 bits per heavy atom. The van der Waals surface area contributed by atoms with E-state index in [0.29, 0.717) is 10.6 Å². The van der Waals surface area contributed by atoms with Crippen molar-refractivity contribution >= 4 is 17.4 Å². The first kappa shape index (κ1) is 11.7. The van der Waals surface area contributed by atoms with Gasteiger partial charge < -0.3 is 5.11 Å². The van der Waals surface area contributed by atoms with Crippen LogP contribution in [0.3, 0.4) is 0 Å². The number of hydrogen-bond donors (Lipinski definition) is 1. The van der Waals surface area contributed by atoms with Gasteiger partial charge in [0.25, 0.3) is 0 Å². The minimum absolute atomic E-state index is 0.00465. The molecule has 0 aliphatic rings. The largest absolute Gasteiger partial charge is 0.507 e. The van der Waals surface area contributed by atoms with Gasteiger partial charge in [0.15, 0.2) is 5.78 Å². The number of carbonyl (C=O) groups excluding carboxylic acids is 1. The van der Waals surface area contributed by atoms with Crippen molar-refractivity contribution in [2.45, 2.75) is 6.92 Å². The topological polar surface area (TPSA) is 37.3 Å². The van der Waals surface area contributed by atoms with Gasteiger partial charge >= 0.3 is 0 Å². The molecule has 17 heavy (non-hydrogen) atoms. The summed E-state index contributed by atoms with van der Waals surface area (Å²) in [5.41, 5.74) is 2.06. The van der Waals surface area contributed by atoms with Crippen LogP contribution in [0.25, 0.3) is 11.1 Å². The molecule has 2 aromatic rings. The van der Waals surface area contributed by atoms with Gasteiger partial charge in [-0.15, -0.1) is 0 Å². The van der Waals surface area contributed by atoms with Crippen molar-refractivity contribution in [3.63, 3.8) is 0 Å². The second kappa shape index (κ2) is 4.60. The van der Waals surface area contributed by atoms with Crippen LogP contribution in [0.15, 0.2) is 42.5 Å². The summed E-state index contributed by atoms with van der Waals surface area (Å²) in [5, 5.41) is 10.4. The Kier molecular flexibility index (Phi) is 3.16. The molecule has 2 rings (SSSR count). The number of ketones is 1. The van der Waals surface area contributed by atoms with Gasteiger partial charge in [-0.05, 0) is 42.3 Å². The molecule has 0 atom stereocenters. The lowest BCUT2D eigenvalue weighted by molar-refractivity contribution is 0.101. The zero-order valence-corrected chi connectivity index (χ0v) is 10.0. The lowest BCUT2D eigenvalue weighted by Gasteiger charge is -2.05. The molecule has 2 nitrogen and oxygen atoms in total. The molecule has 0 amide bonds. The van der Waals surface area contributed by atoms with E-state index >= 15 is 0 Å². The molecule has 0 bridgehead atoms. The quantitative estimate of drug-likeness (QED) is 0.816. The summed E-state index contributed by atoms with van der Waals surface area (Å²) in [7, 11) is 0. The molecule has 0 spiro atoms. The van der Waals surface area contributed by atoms with E-state index in [1.165, 1.54) is 6.92 Å². The van der Waals surface area contributed by atoms with Crippen LogP contribution in [0, 0.1) is 0 Å². The van der Waals surface area contributed by atoms with Crippen LogP contribution in [0.1, 0.15) is 17.3 Å². The van der Waals surface area contributed by atoms with Crippen LogP contribution in [-0.4, -0.2) is 10.9 Å². The molecule has 0 saturated heterocycles. The smallest absolute Gasteiger partial charge is 0.163 e. The van der Waals surface area contributed by atoms with Gasteiger partial charge in [0, 0.05) is 5.02 Å².